The lowest BCUT2D eigenvalue weighted by Crippen LogP contribution is -2.47. The summed E-state index contributed by atoms with van der Waals surface area (Å²) < 4.78 is 30.1. The minimum atomic E-state index is -3.29. The van der Waals surface area contributed by atoms with Gasteiger partial charge in [0.05, 0.1) is 6.26 Å². The molecule has 0 aromatic carbocycles. The number of nitrogens with two attached hydrogens (primary N) is 1. The molecule has 0 fully saturated rings. The molecule has 0 radical (unpaired) electrons. The van der Waals surface area contributed by atoms with E-state index >= 15 is 0 Å². The molecule has 120 valence electrons. The van der Waals surface area contributed by atoms with Gasteiger partial charge in [0.2, 0.25) is 10.0 Å². The van der Waals surface area contributed by atoms with Gasteiger partial charge in [-0.15, -0.1) is 0 Å². The van der Waals surface area contributed by atoms with Crippen molar-refractivity contribution in [2.75, 3.05) is 30.7 Å². The molecule has 0 aliphatic rings. The molecule has 21 heavy (non-hydrogen) atoms. The van der Waals surface area contributed by atoms with Crippen LogP contribution in [0.25, 0.3) is 0 Å². The maximum atomic E-state index is 11.3. The van der Waals surface area contributed by atoms with Crippen molar-refractivity contribution >= 4 is 21.7 Å². The molecule has 0 saturated carbocycles. The number of methoxy groups -OCH3 is 1. The lowest BCUT2D eigenvalue weighted by molar-refractivity contribution is 0.178. The molecule has 1 aromatic heterocycles. The van der Waals surface area contributed by atoms with Gasteiger partial charge in [-0.05, 0) is 13.8 Å². The van der Waals surface area contributed by atoms with E-state index in [1.807, 2.05) is 0 Å². The van der Waals surface area contributed by atoms with E-state index in [1.54, 1.807) is 19.9 Å². The zero-order chi connectivity index (χ0) is 16.1. The molecule has 0 amide bonds. The zero-order valence-electron chi connectivity index (χ0n) is 12.6. The fraction of sp³-hybridized carbons (Fsp3) is 0.636. The van der Waals surface area contributed by atoms with Gasteiger partial charge >= 0.3 is 0 Å². The predicted octanol–water partition coefficient (Wildman–Crippen LogP) is -0.352. The smallest absolute Gasteiger partial charge is 0.209 e. The lowest BCUT2D eigenvalue weighted by Gasteiger charge is -2.25. The fourth-order valence-electron chi connectivity index (χ4n) is 1.70. The number of hydrogen-bond acceptors (Lipinski definition) is 8. The summed E-state index contributed by atoms with van der Waals surface area (Å²) in [4.78, 5) is 8.37. The van der Waals surface area contributed by atoms with E-state index < -0.39 is 15.6 Å². The first-order valence-electron chi connectivity index (χ1n) is 6.21. The van der Waals surface area contributed by atoms with Crippen molar-refractivity contribution in [2.24, 2.45) is 5.84 Å². The molecule has 0 bridgehead atoms. The van der Waals surface area contributed by atoms with Gasteiger partial charge in [0.15, 0.2) is 5.82 Å². The largest absolute Gasteiger partial charge is 0.377 e. The summed E-state index contributed by atoms with van der Waals surface area (Å²) >= 11 is 0. The number of aromatic nitrogens is 2. The van der Waals surface area contributed by atoms with Crippen LogP contribution < -0.4 is 21.3 Å². The third-order valence-corrected chi connectivity index (χ3v) is 3.29. The summed E-state index contributed by atoms with van der Waals surface area (Å²) in [5.41, 5.74) is 1.77. The molecule has 1 aromatic rings. The van der Waals surface area contributed by atoms with Gasteiger partial charge in [0.25, 0.3) is 0 Å². The van der Waals surface area contributed by atoms with Crippen molar-refractivity contribution in [3.8, 4) is 0 Å². The molecule has 0 spiro atoms. The zero-order valence-corrected chi connectivity index (χ0v) is 13.4. The summed E-state index contributed by atoms with van der Waals surface area (Å²) in [6.07, 6.45) is 1.12. The van der Waals surface area contributed by atoms with Gasteiger partial charge in [-0.3, -0.25) is 0 Å². The highest BCUT2D eigenvalue weighted by atomic mass is 32.2. The Morgan fingerprint density at radius 1 is 1.33 bits per heavy atom. The van der Waals surface area contributed by atoms with Crippen LogP contribution in [0, 0.1) is 0 Å². The fourth-order valence-corrected chi connectivity index (χ4v) is 2.78. The van der Waals surface area contributed by atoms with Crippen molar-refractivity contribution < 1.29 is 13.2 Å². The number of anilines is 2. The molecular weight excluding hydrogens is 296 g/mol. The third-order valence-electron chi connectivity index (χ3n) is 2.37. The second-order valence-electron chi connectivity index (χ2n) is 5.24. The standard InChI is InChI=1S/C11H22N6O3S/c1-11(2,17-21(4,18)19)7-13-8-5-9(16-12)15-10(14-8)6-20-3/h5,17H,6-7,12H2,1-4H3,(H2,13,14,15,16). The average molecular weight is 318 g/mol. The van der Waals surface area contributed by atoms with E-state index in [9.17, 15) is 8.42 Å². The molecule has 5 N–H and O–H groups in total. The highest BCUT2D eigenvalue weighted by molar-refractivity contribution is 7.88. The number of sulfonamides is 1. The number of nitrogen functional groups attached to an aromatic ring is 1. The topological polar surface area (TPSA) is 131 Å². The Kier molecular flexibility index (Phi) is 5.84. The monoisotopic (exact) mass is 318 g/mol. The summed E-state index contributed by atoms with van der Waals surface area (Å²) in [6.45, 7) is 4.11. The molecule has 0 unspecified atom stereocenters. The van der Waals surface area contributed by atoms with Crippen LogP contribution >= 0.6 is 0 Å². The Bertz CT molecular complexity index is 575. The first kappa shape index (κ1) is 17.6. The van der Waals surface area contributed by atoms with Crippen molar-refractivity contribution in [1.82, 2.24) is 14.7 Å². The van der Waals surface area contributed by atoms with Crippen molar-refractivity contribution in [1.29, 1.82) is 0 Å². The average Bonchev–Trinajstić information content (AvgIpc) is 2.34. The van der Waals surface area contributed by atoms with Gasteiger partial charge in [-0.25, -0.2) is 29.0 Å². The Balaban J connectivity index is 2.80. The predicted molar refractivity (Wildman–Crippen MR) is 81.1 cm³/mol. The number of nitrogens with zero attached hydrogens (tertiary/aromatic N) is 2. The molecule has 1 rings (SSSR count). The maximum Gasteiger partial charge on any atom is 0.209 e. The number of hydrazine groups is 1. The summed E-state index contributed by atoms with van der Waals surface area (Å²) in [6, 6.07) is 1.62. The minimum absolute atomic E-state index is 0.245. The van der Waals surface area contributed by atoms with Crippen LogP contribution in [0.15, 0.2) is 6.07 Å². The van der Waals surface area contributed by atoms with Crippen LogP contribution in [0.5, 0.6) is 0 Å². The number of hydrogen-bond donors (Lipinski definition) is 4. The summed E-state index contributed by atoms with van der Waals surface area (Å²) in [5, 5.41) is 3.05. The van der Waals surface area contributed by atoms with Crippen molar-refractivity contribution in [3.05, 3.63) is 11.9 Å². The second-order valence-corrected chi connectivity index (χ2v) is 6.99. The SMILES string of the molecule is COCc1nc(NN)cc(NCC(C)(C)NS(C)(=O)=O)n1. The van der Waals surface area contributed by atoms with Crippen LogP contribution in [-0.2, 0) is 21.4 Å². The van der Waals surface area contributed by atoms with Gasteiger partial charge in [0.1, 0.15) is 18.2 Å². The Labute approximate surface area is 124 Å². The van der Waals surface area contributed by atoms with Crippen LogP contribution in [0.2, 0.25) is 0 Å². The van der Waals surface area contributed by atoms with E-state index in [-0.39, 0.29) is 6.61 Å². The first-order valence-corrected chi connectivity index (χ1v) is 8.11. The Hall–Kier alpha value is -1.49. The number of rotatable bonds is 8. The minimum Gasteiger partial charge on any atom is -0.377 e. The van der Waals surface area contributed by atoms with Crippen molar-refractivity contribution in [3.63, 3.8) is 0 Å². The molecule has 0 atom stereocenters. The van der Waals surface area contributed by atoms with Crippen LogP contribution in [0.3, 0.4) is 0 Å². The Morgan fingerprint density at radius 2 is 1.95 bits per heavy atom. The van der Waals surface area contributed by atoms with E-state index in [4.69, 9.17) is 10.6 Å². The first-order chi connectivity index (χ1) is 9.65. The quantitative estimate of drug-likeness (QED) is 0.378. The lowest BCUT2D eigenvalue weighted by atomic mass is 10.1. The van der Waals surface area contributed by atoms with E-state index in [2.05, 4.69) is 25.4 Å². The normalized spacial score (nSPS) is 12.2. The highest BCUT2D eigenvalue weighted by Crippen LogP contribution is 2.13. The van der Waals surface area contributed by atoms with Gasteiger partial charge in [0, 0.05) is 25.3 Å². The Morgan fingerprint density at radius 3 is 2.48 bits per heavy atom. The van der Waals surface area contributed by atoms with Gasteiger partial charge < -0.3 is 15.5 Å². The third kappa shape index (κ3) is 6.67. The molecule has 10 heteroatoms. The van der Waals surface area contributed by atoms with Crippen LogP contribution in [0.1, 0.15) is 19.7 Å². The summed E-state index contributed by atoms with van der Waals surface area (Å²) in [7, 11) is -1.75. The van der Waals surface area contributed by atoms with Crippen LogP contribution in [-0.4, -0.2) is 43.8 Å². The van der Waals surface area contributed by atoms with Crippen molar-refractivity contribution in [2.45, 2.75) is 26.0 Å². The van der Waals surface area contributed by atoms with Gasteiger partial charge in [-0.1, -0.05) is 0 Å². The number of nitrogens with one attached hydrogen (secondary N) is 3. The number of ether oxygens (including phenoxy) is 1. The molecule has 9 nitrogen and oxygen atoms in total. The highest BCUT2D eigenvalue weighted by Gasteiger charge is 2.22. The molecule has 1 heterocycles. The molecule has 0 saturated heterocycles. The molecular formula is C11H22N6O3S. The second kappa shape index (κ2) is 6.98. The maximum absolute atomic E-state index is 11.3. The summed E-state index contributed by atoms with van der Waals surface area (Å²) in [5.74, 6) is 6.77. The van der Waals surface area contributed by atoms with E-state index in [1.165, 1.54) is 7.11 Å². The van der Waals surface area contributed by atoms with Gasteiger partial charge in [-0.2, -0.15) is 0 Å². The van der Waals surface area contributed by atoms with E-state index in [0.29, 0.717) is 24.0 Å². The van der Waals surface area contributed by atoms with Crippen LogP contribution in [0.4, 0.5) is 11.6 Å². The van der Waals surface area contributed by atoms with E-state index in [0.717, 1.165) is 6.26 Å². The molecule has 0 aliphatic heterocycles. The molecule has 0 aliphatic carbocycles.